The molecule has 2 saturated heterocycles. The number of carbonyl (C=O) groups excluding carboxylic acids is 1. The van der Waals surface area contributed by atoms with Crippen LogP contribution in [0.3, 0.4) is 0 Å². The highest BCUT2D eigenvalue weighted by molar-refractivity contribution is 5.85. The number of hydrogen-bond acceptors (Lipinski definition) is 5. The minimum Gasteiger partial charge on any atom is -0.379 e. The molecule has 1 aliphatic carbocycles. The Kier molecular flexibility index (Phi) is 10.3. The Morgan fingerprint density at radius 1 is 1.07 bits per heavy atom. The summed E-state index contributed by atoms with van der Waals surface area (Å²) >= 11 is 0. The van der Waals surface area contributed by atoms with E-state index in [4.69, 9.17) is 10.5 Å². The van der Waals surface area contributed by atoms with E-state index in [0.717, 1.165) is 52.4 Å². The number of nitrogens with one attached hydrogen (secondary N) is 1. The number of morpholine rings is 1. The van der Waals surface area contributed by atoms with Crippen molar-refractivity contribution in [3.05, 3.63) is 0 Å². The predicted octanol–water partition coefficient (Wildman–Crippen LogP) is 1.65. The molecule has 0 aromatic heterocycles. The maximum atomic E-state index is 12.5. The number of hydrogen-bond donors (Lipinski definition) is 2. The van der Waals surface area contributed by atoms with E-state index in [2.05, 4.69) is 22.0 Å². The molecule has 2 heterocycles. The van der Waals surface area contributed by atoms with E-state index in [1.165, 1.54) is 32.1 Å². The first-order chi connectivity index (χ1) is 12.1. The Balaban J connectivity index is 0.00000182. The summed E-state index contributed by atoms with van der Waals surface area (Å²) in [5.74, 6) is 0.166. The van der Waals surface area contributed by atoms with Gasteiger partial charge in [-0.05, 0) is 37.8 Å². The van der Waals surface area contributed by atoms with Gasteiger partial charge in [-0.25, -0.2) is 0 Å². The SMILES string of the molecule is CC1(CN)CCN(CC(=O)NCC2(N3CCOCC3)CCCCC2)C1.Cl.Cl. The molecule has 0 bridgehead atoms. The van der Waals surface area contributed by atoms with Gasteiger partial charge >= 0.3 is 0 Å². The van der Waals surface area contributed by atoms with Crippen molar-refractivity contribution in [3.8, 4) is 0 Å². The van der Waals surface area contributed by atoms with Gasteiger partial charge in [-0.2, -0.15) is 0 Å². The summed E-state index contributed by atoms with van der Waals surface area (Å²) in [4.78, 5) is 17.4. The van der Waals surface area contributed by atoms with Crippen molar-refractivity contribution in [1.29, 1.82) is 0 Å². The highest BCUT2D eigenvalue weighted by Crippen LogP contribution is 2.34. The summed E-state index contributed by atoms with van der Waals surface area (Å²) in [6, 6.07) is 0. The van der Waals surface area contributed by atoms with Crippen LogP contribution in [-0.4, -0.2) is 80.3 Å². The molecular weight excluding hydrogens is 387 g/mol. The highest BCUT2D eigenvalue weighted by atomic mass is 35.5. The van der Waals surface area contributed by atoms with Crippen molar-refractivity contribution in [2.45, 2.75) is 51.0 Å². The Hall–Kier alpha value is -0.110. The van der Waals surface area contributed by atoms with Gasteiger partial charge in [0.05, 0.1) is 19.8 Å². The molecule has 3 fully saturated rings. The topological polar surface area (TPSA) is 70.8 Å². The molecule has 27 heavy (non-hydrogen) atoms. The smallest absolute Gasteiger partial charge is 0.234 e. The van der Waals surface area contributed by atoms with Crippen molar-refractivity contribution >= 4 is 30.7 Å². The quantitative estimate of drug-likeness (QED) is 0.677. The molecule has 6 nitrogen and oxygen atoms in total. The van der Waals surface area contributed by atoms with Gasteiger partial charge in [0, 0.05) is 31.7 Å². The van der Waals surface area contributed by atoms with Crippen LogP contribution < -0.4 is 11.1 Å². The van der Waals surface area contributed by atoms with Crippen molar-refractivity contribution in [1.82, 2.24) is 15.1 Å². The van der Waals surface area contributed by atoms with Crippen LogP contribution in [0.5, 0.6) is 0 Å². The minimum atomic E-state index is 0. The zero-order valence-electron chi connectivity index (χ0n) is 16.7. The standard InChI is InChI=1S/C19H36N4O2.2ClH/c1-18(14-20)7-8-22(16-18)13-17(24)21-15-19(5-3-2-4-6-19)23-9-11-25-12-10-23;;/h2-16,20H2,1H3,(H,21,24);2*1H. The van der Waals surface area contributed by atoms with Crippen LogP contribution in [0.2, 0.25) is 0 Å². The average molecular weight is 425 g/mol. The number of ether oxygens (including phenoxy) is 1. The van der Waals surface area contributed by atoms with Gasteiger partial charge in [-0.1, -0.05) is 26.2 Å². The number of nitrogens with two attached hydrogens (primary N) is 1. The molecule has 3 N–H and O–H groups in total. The molecule has 3 aliphatic rings. The van der Waals surface area contributed by atoms with Crippen molar-refractivity contribution in [2.75, 3.05) is 59.0 Å². The molecule has 1 unspecified atom stereocenters. The number of rotatable bonds is 6. The fourth-order valence-corrected chi connectivity index (χ4v) is 4.80. The lowest BCUT2D eigenvalue weighted by Crippen LogP contribution is -2.60. The first-order valence-electron chi connectivity index (χ1n) is 10.1. The van der Waals surface area contributed by atoms with Crippen molar-refractivity contribution in [3.63, 3.8) is 0 Å². The third-order valence-electron chi connectivity index (χ3n) is 6.58. The van der Waals surface area contributed by atoms with Crippen LogP contribution in [0.4, 0.5) is 0 Å². The highest BCUT2D eigenvalue weighted by Gasteiger charge is 2.39. The third kappa shape index (κ3) is 6.44. The van der Waals surface area contributed by atoms with Crippen LogP contribution in [0.1, 0.15) is 45.4 Å². The molecule has 1 amide bonds. The second-order valence-corrected chi connectivity index (χ2v) is 8.64. The summed E-state index contributed by atoms with van der Waals surface area (Å²) in [5, 5.41) is 3.27. The van der Waals surface area contributed by atoms with Crippen LogP contribution in [-0.2, 0) is 9.53 Å². The van der Waals surface area contributed by atoms with Crippen molar-refractivity contribution < 1.29 is 9.53 Å². The van der Waals surface area contributed by atoms with Crippen LogP contribution in [0.25, 0.3) is 0 Å². The van der Waals surface area contributed by atoms with E-state index in [0.29, 0.717) is 13.1 Å². The second-order valence-electron chi connectivity index (χ2n) is 8.64. The number of amides is 1. The third-order valence-corrected chi connectivity index (χ3v) is 6.58. The fourth-order valence-electron chi connectivity index (χ4n) is 4.80. The first kappa shape index (κ1) is 24.9. The average Bonchev–Trinajstić information content (AvgIpc) is 3.03. The lowest BCUT2D eigenvalue weighted by atomic mass is 9.79. The van der Waals surface area contributed by atoms with Gasteiger partial charge in [0.15, 0.2) is 0 Å². The molecule has 160 valence electrons. The Labute approximate surface area is 176 Å². The molecule has 1 saturated carbocycles. The molecular formula is C19H38Cl2N4O2. The van der Waals surface area contributed by atoms with Crippen LogP contribution in [0, 0.1) is 5.41 Å². The predicted molar refractivity (Wildman–Crippen MR) is 114 cm³/mol. The lowest BCUT2D eigenvalue weighted by Gasteiger charge is -2.48. The Morgan fingerprint density at radius 2 is 1.74 bits per heavy atom. The van der Waals surface area contributed by atoms with E-state index in [1.54, 1.807) is 0 Å². The number of carbonyl (C=O) groups is 1. The minimum absolute atomic E-state index is 0. The number of nitrogens with zero attached hydrogens (tertiary/aromatic N) is 2. The summed E-state index contributed by atoms with van der Waals surface area (Å²) in [5.41, 5.74) is 6.20. The monoisotopic (exact) mass is 424 g/mol. The van der Waals surface area contributed by atoms with E-state index in [-0.39, 0.29) is 41.7 Å². The molecule has 0 spiro atoms. The Morgan fingerprint density at radius 3 is 2.33 bits per heavy atom. The van der Waals surface area contributed by atoms with Gasteiger partial charge < -0.3 is 15.8 Å². The van der Waals surface area contributed by atoms with Crippen LogP contribution >= 0.6 is 24.8 Å². The maximum absolute atomic E-state index is 12.5. The zero-order chi connectivity index (χ0) is 17.8. The molecule has 2 aliphatic heterocycles. The fraction of sp³-hybridized carbons (Fsp3) is 0.947. The van der Waals surface area contributed by atoms with Gasteiger partial charge in [0.1, 0.15) is 0 Å². The van der Waals surface area contributed by atoms with Gasteiger partial charge in [0.25, 0.3) is 0 Å². The maximum Gasteiger partial charge on any atom is 0.234 e. The molecule has 0 aromatic carbocycles. The van der Waals surface area contributed by atoms with Gasteiger partial charge in [-0.3, -0.25) is 14.6 Å². The van der Waals surface area contributed by atoms with E-state index in [1.807, 2.05) is 0 Å². The van der Waals surface area contributed by atoms with Gasteiger partial charge in [0.2, 0.25) is 5.91 Å². The number of likely N-dealkylation sites (tertiary alicyclic amines) is 1. The van der Waals surface area contributed by atoms with E-state index in [9.17, 15) is 4.79 Å². The second kappa shape index (κ2) is 11.2. The van der Waals surface area contributed by atoms with Gasteiger partial charge in [-0.15, -0.1) is 24.8 Å². The van der Waals surface area contributed by atoms with Crippen LogP contribution in [0.15, 0.2) is 0 Å². The number of halogens is 2. The lowest BCUT2D eigenvalue weighted by molar-refractivity contribution is -0.123. The zero-order valence-corrected chi connectivity index (χ0v) is 18.3. The van der Waals surface area contributed by atoms with Crippen molar-refractivity contribution in [2.24, 2.45) is 11.1 Å². The molecule has 1 atom stereocenters. The Bertz CT molecular complexity index is 457. The first-order valence-corrected chi connectivity index (χ1v) is 10.1. The van der Waals surface area contributed by atoms with E-state index < -0.39 is 0 Å². The molecule has 3 rings (SSSR count). The summed E-state index contributed by atoms with van der Waals surface area (Å²) in [7, 11) is 0. The largest absolute Gasteiger partial charge is 0.379 e. The molecule has 0 aromatic rings. The summed E-state index contributed by atoms with van der Waals surface area (Å²) < 4.78 is 5.53. The van der Waals surface area contributed by atoms with E-state index >= 15 is 0 Å². The normalized spacial score (nSPS) is 28.8. The molecule has 0 radical (unpaired) electrons. The summed E-state index contributed by atoms with van der Waals surface area (Å²) in [6.45, 7) is 9.77. The summed E-state index contributed by atoms with van der Waals surface area (Å²) in [6.07, 6.45) is 7.35. The molecule has 8 heteroatoms.